The molecule has 152 valence electrons. The molecule has 3 atom stereocenters. The second-order valence-electron chi connectivity index (χ2n) is 7.89. The van der Waals surface area contributed by atoms with Crippen LogP contribution in [-0.2, 0) is 17.9 Å². The third kappa shape index (κ3) is 4.50. The average molecular weight is 409 g/mol. The summed E-state index contributed by atoms with van der Waals surface area (Å²) < 4.78 is 0. The molecule has 1 unspecified atom stereocenters. The highest BCUT2D eigenvalue weighted by Crippen LogP contribution is 2.42. The van der Waals surface area contributed by atoms with Crippen molar-refractivity contribution < 1.29 is 9.59 Å². The molecule has 2 amide bonds. The van der Waals surface area contributed by atoms with Gasteiger partial charge in [-0.2, -0.15) is 11.8 Å². The van der Waals surface area contributed by atoms with E-state index in [1.54, 1.807) is 0 Å². The van der Waals surface area contributed by atoms with Crippen LogP contribution in [0.15, 0.2) is 60.7 Å². The Hall–Kier alpha value is -2.27. The molecule has 2 aliphatic heterocycles. The Morgan fingerprint density at radius 1 is 0.897 bits per heavy atom. The molecule has 4 nitrogen and oxygen atoms in total. The highest BCUT2D eigenvalue weighted by atomic mass is 32.2. The SMILES string of the molecule is O=CCCCCC1SC[C@H]2[C@@H]1N(Cc1ccccc1)C(=O)N2Cc1ccccc1. The largest absolute Gasteiger partial charge is 0.321 e. The Morgan fingerprint density at radius 3 is 2.14 bits per heavy atom. The molecule has 2 aromatic carbocycles. The molecule has 0 aliphatic carbocycles. The topological polar surface area (TPSA) is 40.6 Å². The molecule has 0 N–H and O–H groups in total. The van der Waals surface area contributed by atoms with Crippen molar-refractivity contribution in [2.75, 3.05) is 5.75 Å². The molecule has 0 aromatic heterocycles. The van der Waals surface area contributed by atoms with Gasteiger partial charge in [-0.15, -0.1) is 0 Å². The summed E-state index contributed by atoms with van der Waals surface area (Å²) in [7, 11) is 0. The molecule has 2 heterocycles. The lowest BCUT2D eigenvalue weighted by atomic mass is 10.0. The van der Waals surface area contributed by atoms with Gasteiger partial charge < -0.3 is 14.6 Å². The van der Waals surface area contributed by atoms with E-state index in [0.717, 1.165) is 31.3 Å². The van der Waals surface area contributed by atoms with Crippen molar-refractivity contribution in [1.29, 1.82) is 0 Å². The van der Waals surface area contributed by atoms with E-state index in [9.17, 15) is 9.59 Å². The van der Waals surface area contributed by atoms with Crippen LogP contribution in [0.25, 0.3) is 0 Å². The van der Waals surface area contributed by atoms with Gasteiger partial charge in [0, 0.05) is 30.5 Å². The van der Waals surface area contributed by atoms with E-state index in [4.69, 9.17) is 0 Å². The fourth-order valence-corrected chi connectivity index (χ4v) is 6.21. The molecular weight excluding hydrogens is 380 g/mol. The number of benzene rings is 2. The maximum Gasteiger partial charge on any atom is 0.321 e. The Labute approximate surface area is 177 Å². The summed E-state index contributed by atoms with van der Waals surface area (Å²) >= 11 is 2.00. The molecule has 0 saturated carbocycles. The molecule has 5 heteroatoms. The predicted octanol–water partition coefficient (Wildman–Crippen LogP) is 4.74. The first-order chi connectivity index (χ1) is 14.3. The number of rotatable bonds is 9. The van der Waals surface area contributed by atoms with Crippen LogP contribution in [-0.4, -0.2) is 45.2 Å². The summed E-state index contributed by atoms with van der Waals surface area (Å²) in [4.78, 5) is 28.3. The molecule has 0 bridgehead atoms. The number of hydrogen-bond donors (Lipinski definition) is 0. The van der Waals surface area contributed by atoms with E-state index in [2.05, 4.69) is 34.1 Å². The van der Waals surface area contributed by atoms with E-state index >= 15 is 0 Å². The molecule has 2 aromatic rings. The number of thioether (sulfide) groups is 1. The highest BCUT2D eigenvalue weighted by molar-refractivity contribution is 8.00. The van der Waals surface area contributed by atoms with Gasteiger partial charge in [0.2, 0.25) is 0 Å². The van der Waals surface area contributed by atoms with Crippen molar-refractivity contribution in [3.05, 3.63) is 71.8 Å². The van der Waals surface area contributed by atoms with Crippen molar-refractivity contribution in [1.82, 2.24) is 9.80 Å². The van der Waals surface area contributed by atoms with Crippen LogP contribution in [0.4, 0.5) is 4.79 Å². The number of unbranched alkanes of at least 4 members (excludes halogenated alkanes) is 2. The Bertz CT molecular complexity index is 814. The smallest absolute Gasteiger partial charge is 0.314 e. The predicted molar refractivity (Wildman–Crippen MR) is 118 cm³/mol. The number of carbonyl (C=O) groups excluding carboxylic acids is 2. The van der Waals surface area contributed by atoms with Gasteiger partial charge in [0.25, 0.3) is 0 Å². The number of nitrogens with zero attached hydrogens (tertiary/aromatic N) is 2. The van der Waals surface area contributed by atoms with Crippen molar-refractivity contribution in [2.45, 2.75) is 56.1 Å². The zero-order valence-electron chi connectivity index (χ0n) is 16.7. The summed E-state index contributed by atoms with van der Waals surface area (Å²) in [6.07, 6.45) is 4.70. The summed E-state index contributed by atoms with van der Waals surface area (Å²) in [5.74, 6) is 0.993. The first kappa shape index (κ1) is 20.0. The van der Waals surface area contributed by atoms with Gasteiger partial charge >= 0.3 is 6.03 Å². The summed E-state index contributed by atoms with van der Waals surface area (Å²) in [5.41, 5.74) is 2.36. The van der Waals surface area contributed by atoms with Crippen LogP contribution in [0.5, 0.6) is 0 Å². The quantitative estimate of drug-likeness (QED) is 0.342. The maximum absolute atomic E-state index is 13.4. The van der Waals surface area contributed by atoms with Crippen LogP contribution in [0.2, 0.25) is 0 Å². The maximum atomic E-state index is 13.4. The Kier molecular flexibility index (Phi) is 6.55. The fraction of sp³-hybridized carbons (Fsp3) is 0.417. The number of urea groups is 1. The van der Waals surface area contributed by atoms with Gasteiger partial charge in [-0.25, -0.2) is 4.79 Å². The Balaban J connectivity index is 1.53. The lowest BCUT2D eigenvalue weighted by Crippen LogP contribution is -2.40. The van der Waals surface area contributed by atoms with Crippen LogP contribution < -0.4 is 0 Å². The van der Waals surface area contributed by atoms with E-state index < -0.39 is 0 Å². The minimum Gasteiger partial charge on any atom is -0.314 e. The van der Waals surface area contributed by atoms with Crippen molar-refractivity contribution >= 4 is 24.1 Å². The van der Waals surface area contributed by atoms with Gasteiger partial charge in [0.15, 0.2) is 0 Å². The average Bonchev–Trinajstić information content (AvgIpc) is 3.27. The fourth-order valence-electron chi connectivity index (χ4n) is 4.53. The lowest BCUT2D eigenvalue weighted by Gasteiger charge is -2.27. The highest BCUT2D eigenvalue weighted by Gasteiger charge is 2.52. The molecule has 2 saturated heterocycles. The number of fused-ring (bicyclic) bond motifs is 1. The first-order valence-electron chi connectivity index (χ1n) is 10.5. The monoisotopic (exact) mass is 408 g/mol. The minimum absolute atomic E-state index is 0.158. The van der Waals surface area contributed by atoms with Crippen LogP contribution >= 0.6 is 11.8 Å². The summed E-state index contributed by atoms with van der Waals surface area (Å²) in [6, 6.07) is 21.2. The molecule has 4 rings (SSSR count). The van der Waals surface area contributed by atoms with Gasteiger partial charge in [0.05, 0.1) is 12.1 Å². The van der Waals surface area contributed by atoms with Gasteiger partial charge in [0.1, 0.15) is 6.29 Å². The minimum atomic E-state index is 0.158. The lowest BCUT2D eigenvalue weighted by molar-refractivity contribution is -0.107. The van der Waals surface area contributed by atoms with Gasteiger partial charge in [-0.05, 0) is 24.0 Å². The van der Waals surface area contributed by atoms with Crippen LogP contribution in [0.1, 0.15) is 36.8 Å². The first-order valence-corrected chi connectivity index (χ1v) is 11.5. The van der Waals surface area contributed by atoms with Gasteiger partial charge in [-0.1, -0.05) is 67.1 Å². The van der Waals surface area contributed by atoms with E-state index in [1.807, 2.05) is 48.2 Å². The molecule has 2 aliphatic rings. The summed E-state index contributed by atoms with van der Waals surface area (Å²) in [5, 5.41) is 0.445. The Morgan fingerprint density at radius 2 is 1.52 bits per heavy atom. The zero-order valence-corrected chi connectivity index (χ0v) is 17.5. The standard InChI is InChI=1S/C24H28N2O2S/c27-15-9-3-8-14-22-23-21(18-29-22)25(16-19-10-4-1-5-11-19)24(28)26(23)17-20-12-6-2-7-13-20/h1-2,4-7,10-13,15,21-23H,3,8-9,14,16-18H2/t21-,22?,23-/m0/s1. The zero-order chi connectivity index (χ0) is 20.1. The van der Waals surface area contributed by atoms with Crippen LogP contribution in [0, 0.1) is 0 Å². The normalized spacial score (nSPS) is 23.4. The number of amides is 2. The van der Waals surface area contributed by atoms with E-state index in [-0.39, 0.29) is 18.1 Å². The molecule has 2 fully saturated rings. The van der Waals surface area contributed by atoms with Gasteiger partial charge in [-0.3, -0.25) is 0 Å². The third-order valence-corrected chi connectivity index (χ3v) is 7.44. The second kappa shape index (κ2) is 9.49. The number of aldehydes is 1. The van der Waals surface area contributed by atoms with Crippen LogP contribution in [0.3, 0.4) is 0 Å². The second-order valence-corrected chi connectivity index (χ2v) is 9.16. The third-order valence-electron chi connectivity index (χ3n) is 5.96. The van der Waals surface area contributed by atoms with Crippen molar-refractivity contribution in [3.63, 3.8) is 0 Å². The molecule has 0 radical (unpaired) electrons. The van der Waals surface area contributed by atoms with E-state index in [1.165, 1.54) is 11.1 Å². The summed E-state index contributed by atoms with van der Waals surface area (Å²) in [6.45, 7) is 1.34. The molecular formula is C24H28N2O2S. The number of carbonyl (C=O) groups is 2. The van der Waals surface area contributed by atoms with E-state index in [0.29, 0.717) is 24.8 Å². The molecule has 0 spiro atoms. The van der Waals surface area contributed by atoms with Crippen molar-refractivity contribution in [3.8, 4) is 0 Å². The van der Waals surface area contributed by atoms with Crippen molar-refractivity contribution in [2.24, 2.45) is 0 Å². The molecule has 29 heavy (non-hydrogen) atoms. The number of hydrogen-bond acceptors (Lipinski definition) is 3.